The number of carbonyl (C=O) groups excluding carboxylic acids is 1. The first-order valence-electron chi connectivity index (χ1n) is 6.82. The topological polar surface area (TPSA) is 20.3 Å². The number of para-hydroxylation sites is 1. The molecule has 0 saturated carbocycles. The van der Waals surface area contributed by atoms with Crippen molar-refractivity contribution in [3.05, 3.63) is 42.0 Å². The number of carbonyl (C=O) groups is 1. The number of fused-ring (bicyclic) bond motifs is 1. The van der Waals surface area contributed by atoms with Crippen molar-refractivity contribution in [2.75, 3.05) is 4.90 Å². The molecular weight excluding hydrogens is 222 g/mol. The molecule has 0 radical (unpaired) electrons. The summed E-state index contributed by atoms with van der Waals surface area (Å²) in [5.74, 6) is 0.737. The van der Waals surface area contributed by atoms with Crippen LogP contribution in [-0.2, 0) is 11.2 Å². The first-order valence-corrected chi connectivity index (χ1v) is 6.82. The molecule has 18 heavy (non-hydrogen) atoms. The minimum atomic E-state index is 0.281. The number of nitrogens with zero attached hydrogens (tertiary/aromatic N) is 1. The van der Waals surface area contributed by atoms with Crippen molar-refractivity contribution in [1.29, 1.82) is 0 Å². The molecule has 1 aliphatic heterocycles. The molecule has 94 valence electrons. The molecule has 2 aliphatic rings. The van der Waals surface area contributed by atoms with Crippen LogP contribution in [0.2, 0.25) is 0 Å². The van der Waals surface area contributed by atoms with E-state index in [1.807, 2.05) is 11.0 Å². The van der Waals surface area contributed by atoms with Crippen LogP contribution in [0.5, 0.6) is 0 Å². The summed E-state index contributed by atoms with van der Waals surface area (Å²) in [6.45, 7) is 2.14. The van der Waals surface area contributed by atoms with Gasteiger partial charge in [0.05, 0.1) is 0 Å². The Labute approximate surface area is 108 Å². The van der Waals surface area contributed by atoms with Gasteiger partial charge in [0.25, 0.3) is 0 Å². The highest BCUT2D eigenvalue weighted by atomic mass is 16.2. The Balaban J connectivity index is 1.79. The lowest BCUT2D eigenvalue weighted by atomic mass is 10.0. The minimum Gasteiger partial charge on any atom is -0.309 e. The number of rotatable bonds is 2. The molecule has 0 aromatic heterocycles. The Hall–Kier alpha value is -1.57. The number of hydrogen-bond donors (Lipinski definition) is 0. The van der Waals surface area contributed by atoms with Crippen LogP contribution in [0.15, 0.2) is 36.4 Å². The molecule has 1 aromatic rings. The highest BCUT2D eigenvalue weighted by Crippen LogP contribution is 2.33. The highest BCUT2D eigenvalue weighted by molar-refractivity contribution is 5.96. The predicted octanol–water partition coefficient (Wildman–Crippen LogP) is 3.32. The Bertz CT molecular complexity index is 492. The Morgan fingerprint density at radius 2 is 2.22 bits per heavy atom. The minimum absolute atomic E-state index is 0.281. The molecule has 0 N–H and O–H groups in total. The number of amides is 1. The standard InChI is InChI=1S/C16H19NO/c1-12-10-14-8-4-5-9-15(14)17(12)16(18)11-13-6-2-3-7-13/h2,4-6,8-9,12-13H,3,7,10-11H2,1H3. The van der Waals surface area contributed by atoms with Crippen molar-refractivity contribution in [3.8, 4) is 0 Å². The van der Waals surface area contributed by atoms with Crippen LogP contribution < -0.4 is 4.90 Å². The van der Waals surface area contributed by atoms with Gasteiger partial charge in [-0.3, -0.25) is 4.79 Å². The third-order valence-electron chi connectivity index (χ3n) is 4.03. The monoisotopic (exact) mass is 241 g/mol. The molecule has 3 rings (SSSR count). The van der Waals surface area contributed by atoms with Crippen LogP contribution in [0.3, 0.4) is 0 Å². The molecule has 1 heterocycles. The van der Waals surface area contributed by atoms with Gasteiger partial charge in [-0.25, -0.2) is 0 Å². The van der Waals surface area contributed by atoms with Gasteiger partial charge >= 0.3 is 0 Å². The van der Waals surface area contributed by atoms with Gasteiger partial charge in [0, 0.05) is 18.2 Å². The normalized spacial score (nSPS) is 25.5. The van der Waals surface area contributed by atoms with E-state index in [1.165, 1.54) is 5.56 Å². The van der Waals surface area contributed by atoms with Crippen LogP contribution in [0.1, 0.15) is 31.7 Å². The van der Waals surface area contributed by atoms with Gasteiger partial charge < -0.3 is 4.90 Å². The van der Waals surface area contributed by atoms with Crippen molar-refractivity contribution in [3.63, 3.8) is 0 Å². The SMILES string of the molecule is CC1Cc2ccccc2N1C(=O)CC1C=CCC1. The van der Waals surface area contributed by atoms with Crippen LogP contribution in [0.4, 0.5) is 5.69 Å². The second-order valence-electron chi connectivity index (χ2n) is 5.42. The Morgan fingerprint density at radius 1 is 1.39 bits per heavy atom. The fourth-order valence-electron chi connectivity index (χ4n) is 3.13. The lowest BCUT2D eigenvalue weighted by Gasteiger charge is -2.24. The van der Waals surface area contributed by atoms with E-state index in [0.717, 1.165) is 24.9 Å². The van der Waals surface area contributed by atoms with Crippen molar-refractivity contribution in [2.24, 2.45) is 5.92 Å². The molecular formula is C16H19NO. The average Bonchev–Trinajstić information content (AvgIpc) is 2.94. The average molecular weight is 241 g/mol. The maximum absolute atomic E-state index is 12.5. The molecule has 2 nitrogen and oxygen atoms in total. The van der Waals surface area contributed by atoms with E-state index < -0.39 is 0 Å². The van der Waals surface area contributed by atoms with Gasteiger partial charge in [0.1, 0.15) is 0 Å². The predicted molar refractivity (Wildman–Crippen MR) is 73.6 cm³/mol. The summed E-state index contributed by atoms with van der Waals surface area (Å²) in [6, 6.07) is 8.59. The molecule has 0 saturated heterocycles. The molecule has 2 unspecified atom stereocenters. The van der Waals surface area contributed by atoms with E-state index in [9.17, 15) is 4.79 Å². The second-order valence-corrected chi connectivity index (χ2v) is 5.42. The summed E-state index contributed by atoms with van der Waals surface area (Å²) in [5.41, 5.74) is 2.43. The van der Waals surface area contributed by atoms with Crippen molar-refractivity contribution in [2.45, 2.75) is 38.6 Å². The zero-order chi connectivity index (χ0) is 12.5. The van der Waals surface area contributed by atoms with E-state index in [-0.39, 0.29) is 5.91 Å². The van der Waals surface area contributed by atoms with Crippen molar-refractivity contribution < 1.29 is 4.79 Å². The number of allylic oxidation sites excluding steroid dienone is 2. The zero-order valence-corrected chi connectivity index (χ0v) is 10.8. The van der Waals surface area contributed by atoms with E-state index in [4.69, 9.17) is 0 Å². The van der Waals surface area contributed by atoms with Crippen molar-refractivity contribution in [1.82, 2.24) is 0 Å². The maximum Gasteiger partial charge on any atom is 0.227 e. The highest BCUT2D eigenvalue weighted by Gasteiger charge is 2.31. The van der Waals surface area contributed by atoms with Crippen LogP contribution in [-0.4, -0.2) is 11.9 Å². The molecule has 2 atom stereocenters. The quantitative estimate of drug-likeness (QED) is 0.727. The third kappa shape index (κ3) is 1.96. The summed E-state index contributed by atoms with van der Waals surface area (Å²) in [6.07, 6.45) is 8.31. The lowest BCUT2D eigenvalue weighted by molar-refractivity contribution is -0.119. The summed E-state index contributed by atoms with van der Waals surface area (Å²) < 4.78 is 0. The third-order valence-corrected chi connectivity index (χ3v) is 4.03. The van der Waals surface area contributed by atoms with Crippen LogP contribution >= 0.6 is 0 Å². The van der Waals surface area contributed by atoms with E-state index in [1.54, 1.807) is 0 Å². The number of hydrogen-bond acceptors (Lipinski definition) is 1. The number of anilines is 1. The molecule has 0 bridgehead atoms. The summed E-state index contributed by atoms with van der Waals surface area (Å²) >= 11 is 0. The van der Waals surface area contributed by atoms with Gasteiger partial charge in [-0.05, 0) is 43.7 Å². The van der Waals surface area contributed by atoms with Gasteiger partial charge in [-0.2, -0.15) is 0 Å². The van der Waals surface area contributed by atoms with Gasteiger partial charge in [0.15, 0.2) is 0 Å². The Kier molecular flexibility index (Phi) is 2.94. The van der Waals surface area contributed by atoms with Gasteiger partial charge in [0.2, 0.25) is 5.91 Å². The fraction of sp³-hybridized carbons (Fsp3) is 0.438. The largest absolute Gasteiger partial charge is 0.309 e. The van der Waals surface area contributed by atoms with Crippen LogP contribution in [0, 0.1) is 5.92 Å². The summed E-state index contributed by atoms with van der Waals surface area (Å²) in [4.78, 5) is 14.5. The van der Waals surface area contributed by atoms with Crippen molar-refractivity contribution >= 4 is 11.6 Å². The fourth-order valence-corrected chi connectivity index (χ4v) is 3.13. The smallest absolute Gasteiger partial charge is 0.227 e. The molecule has 0 spiro atoms. The molecule has 1 aliphatic carbocycles. The molecule has 1 amide bonds. The van der Waals surface area contributed by atoms with E-state index in [0.29, 0.717) is 18.4 Å². The van der Waals surface area contributed by atoms with Gasteiger partial charge in [-0.1, -0.05) is 30.4 Å². The Morgan fingerprint density at radius 3 is 3.00 bits per heavy atom. The summed E-state index contributed by atoms with van der Waals surface area (Å²) in [5, 5.41) is 0. The molecule has 1 aromatic carbocycles. The first-order chi connectivity index (χ1) is 8.75. The van der Waals surface area contributed by atoms with Crippen LogP contribution in [0.25, 0.3) is 0 Å². The summed E-state index contributed by atoms with van der Waals surface area (Å²) in [7, 11) is 0. The molecule has 2 heteroatoms. The van der Waals surface area contributed by atoms with E-state index in [2.05, 4.69) is 37.3 Å². The lowest BCUT2D eigenvalue weighted by Crippen LogP contribution is -2.36. The second kappa shape index (κ2) is 4.60. The maximum atomic E-state index is 12.5. The number of benzene rings is 1. The molecule has 0 fully saturated rings. The van der Waals surface area contributed by atoms with E-state index >= 15 is 0 Å². The zero-order valence-electron chi connectivity index (χ0n) is 10.8. The first kappa shape index (κ1) is 11.5. The van der Waals surface area contributed by atoms with Gasteiger partial charge in [-0.15, -0.1) is 0 Å².